The van der Waals surface area contributed by atoms with Crippen LogP contribution in [0.15, 0.2) is 51.8 Å². The summed E-state index contributed by atoms with van der Waals surface area (Å²) in [6, 6.07) is 14.1. The number of anilines is 1. The predicted octanol–water partition coefficient (Wildman–Crippen LogP) is 5.87. The number of halogens is 1. The first-order valence-corrected chi connectivity index (χ1v) is 13.7. The highest BCUT2D eigenvalue weighted by atomic mass is 35.5. The van der Waals surface area contributed by atoms with E-state index in [0.717, 1.165) is 60.3 Å². The van der Waals surface area contributed by atoms with E-state index < -0.39 is 11.7 Å². The number of carboxylic acids is 1. The van der Waals surface area contributed by atoms with Gasteiger partial charge in [-0.1, -0.05) is 61.3 Å². The van der Waals surface area contributed by atoms with Gasteiger partial charge in [-0.15, -0.1) is 0 Å². The lowest BCUT2D eigenvalue weighted by Crippen LogP contribution is -2.34. The Morgan fingerprint density at radius 3 is 2.67 bits per heavy atom. The number of nitrogens with zero attached hydrogens (tertiary/aromatic N) is 4. The molecule has 204 valence electrons. The Bertz CT molecular complexity index is 1520. The van der Waals surface area contributed by atoms with E-state index in [-0.39, 0.29) is 10.8 Å². The van der Waals surface area contributed by atoms with Gasteiger partial charge in [-0.2, -0.15) is 0 Å². The molecule has 1 unspecified atom stereocenters. The molecule has 1 aliphatic rings. The molecule has 1 fully saturated rings. The molecule has 0 saturated carbocycles. The number of imidazole rings is 1. The maximum absolute atomic E-state index is 11.9. The number of aryl methyl sites for hydroxylation is 1. The van der Waals surface area contributed by atoms with Gasteiger partial charge in [0.25, 0.3) is 0 Å². The number of rotatable bonds is 9. The van der Waals surface area contributed by atoms with Crippen LogP contribution in [0.5, 0.6) is 0 Å². The molecule has 0 amide bonds. The molecule has 2 aromatic heterocycles. The Labute approximate surface area is 231 Å². The number of aromatic nitrogens is 4. The maximum Gasteiger partial charge on any atom is 0.439 e. The van der Waals surface area contributed by atoms with Crippen molar-refractivity contribution in [3.8, 4) is 22.5 Å². The van der Waals surface area contributed by atoms with E-state index in [2.05, 4.69) is 46.0 Å². The van der Waals surface area contributed by atoms with Crippen LogP contribution in [0, 0.1) is 5.92 Å². The van der Waals surface area contributed by atoms with Crippen LogP contribution in [0.25, 0.3) is 22.5 Å². The number of piperidine rings is 1. The van der Waals surface area contributed by atoms with Crippen LogP contribution < -0.4 is 10.7 Å². The molecule has 2 N–H and O–H groups in total. The third-order valence-corrected chi connectivity index (χ3v) is 7.55. The molecule has 9 nitrogen and oxygen atoms in total. The van der Waals surface area contributed by atoms with Gasteiger partial charge in [-0.05, 0) is 60.1 Å². The fourth-order valence-electron chi connectivity index (χ4n) is 5.28. The fraction of sp³-hybridized carbons (Fsp3) is 0.379. The second-order valence-electron chi connectivity index (χ2n) is 10.2. The van der Waals surface area contributed by atoms with Crippen molar-refractivity contribution in [2.24, 2.45) is 5.92 Å². The van der Waals surface area contributed by atoms with Crippen molar-refractivity contribution in [3.63, 3.8) is 0 Å². The number of aromatic amines is 1. The highest BCUT2D eigenvalue weighted by Gasteiger charge is 2.22. The average molecular weight is 550 g/mol. The molecule has 0 aliphatic carbocycles. The standard InChI is InChI=1S/C29H32ClN5O4/c1-3-4-7-24-31-26(30)25(28(36)37)35(24)17-19-8-10-20(11-9-19)23-15-21(34-14-5-6-18(2)16-34)12-13-22(23)27-32-29(38)39-33-27/h8-13,15,18H,3-7,14,16-17H2,1-2H3,(H,36,37)(H,32,33,38). The first-order chi connectivity index (χ1) is 18.8. The summed E-state index contributed by atoms with van der Waals surface area (Å²) in [7, 11) is 0. The van der Waals surface area contributed by atoms with Gasteiger partial charge >= 0.3 is 11.7 Å². The lowest BCUT2D eigenvalue weighted by molar-refractivity contribution is 0.0685. The summed E-state index contributed by atoms with van der Waals surface area (Å²) in [6.07, 6.45) is 4.90. The predicted molar refractivity (Wildman–Crippen MR) is 151 cm³/mol. The van der Waals surface area contributed by atoms with Crippen molar-refractivity contribution >= 4 is 23.3 Å². The minimum Gasteiger partial charge on any atom is -0.476 e. The van der Waals surface area contributed by atoms with Gasteiger partial charge in [-0.25, -0.2) is 14.6 Å². The van der Waals surface area contributed by atoms with Crippen LogP contribution in [-0.4, -0.2) is 43.9 Å². The van der Waals surface area contributed by atoms with Gasteiger partial charge in [0.1, 0.15) is 5.82 Å². The summed E-state index contributed by atoms with van der Waals surface area (Å²) in [4.78, 5) is 33.0. The van der Waals surface area contributed by atoms with E-state index in [1.54, 1.807) is 4.57 Å². The summed E-state index contributed by atoms with van der Waals surface area (Å²) in [6.45, 7) is 6.70. The van der Waals surface area contributed by atoms with Gasteiger partial charge in [0.2, 0.25) is 0 Å². The number of unbranched alkanes of at least 4 members (excludes halogenated alkanes) is 1. The lowest BCUT2D eigenvalue weighted by Gasteiger charge is -2.33. The van der Waals surface area contributed by atoms with Crippen LogP contribution in [0.1, 0.15) is 61.4 Å². The molecule has 3 heterocycles. The second kappa shape index (κ2) is 11.5. The number of benzene rings is 2. The topological polar surface area (TPSA) is 117 Å². The number of hydrogen-bond donors (Lipinski definition) is 2. The molecule has 0 bridgehead atoms. The molecule has 1 saturated heterocycles. The highest BCUT2D eigenvalue weighted by molar-refractivity contribution is 6.32. The summed E-state index contributed by atoms with van der Waals surface area (Å²) < 4.78 is 6.48. The van der Waals surface area contributed by atoms with Gasteiger partial charge in [0.15, 0.2) is 16.7 Å². The molecule has 0 spiro atoms. The van der Waals surface area contributed by atoms with Crippen molar-refractivity contribution in [2.75, 3.05) is 18.0 Å². The van der Waals surface area contributed by atoms with E-state index in [1.807, 2.05) is 30.3 Å². The SMILES string of the molecule is CCCCc1nc(Cl)c(C(=O)O)n1Cc1ccc(-c2cc(N3CCCC(C)C3)ccc2-c2noc(=O)[nH]2)cc1. The monoisotopic (exact) mass is 549 g/mol. The van der Waals surface area contributed by atoms with E-state index in [0.29, 0.717) is 30.5 Å². The normalized spacial score (nSPS) is 15.6. The highest BCUT2D eigenvalue weighted by Crippen LogP contribution is 2.35. The molecule has 5 rings (SSSR count). The van der Waals surface area contributed by atoms with Crippen LogP contribution in [-0.2, 0) is 13.0 Å². The van der Waals surface area contributed by atoms with Crippen molar-refractivity contribution in [1.82, 2.24) is 19.7 Å². The number of carbonyl (C=O) groups is 1. The summed E-state index contributed by atoms with van der Waals surface area (Å²) >= 11 is 6.21. The molecule has 4 aromatic rings. The zero-order valence-corrected chi connectivity index (χ0v) is 22.9. The third-order valence-electron chi connectivity index (χ3n) is 7.29. The maximum atomic E-state index is 11.9. The fourth-order valence-corrected chi connectivity index (χ4v) is 5.56. The molecule has 0 radical (unpaired) electrons. The largest absolute Gasteiger partial charge is 0.476 e. The summed E-state index contributed by atoms with van der Waals surface area (Å²) in [5.41, 5.74) is 4.67. The Morgan fingerprint density at radius 1 is 1.21 bits per heavy atom. The Balaban J connectivity index is 1.50. The van der Waals surface area contributed by atoms with Crippen molar-refractivity contribution < 1.29 is 14.4 Å². The summed E-state index contributed by atoms with van der Waals surface area (Å²) in [5.74, 6) is -0.0293. The van der Waals surface area contributed by atoms with E-state index in [1.165, 1.54) is 6.42 Å². The number of H-pyrrole nitrogens is 1. The Kier molecular flexibility index (Phi) is 7.88. The van der Waals surface area contributed by atoms with Crippen molar-refractivity contribution in [2.45, 2.75) is 52.5 Å². The molecular formula is C29H32ClN5O4. The zero-order valence-electron chi connectivity index (χ0n) is 22.1. The number of hydrogen-bond acceptors (Lipinski definition) is 6. The first-order valence-electron chi connectivity index (χ1n) is 13.4. The van der Waals surface area contributed by atoms with Crippen molar-refractivity contribution in [3.05, 3.63) is 75.3 Å². The Hall–Kier alpha value is -3.85. The first kappa shape index (κ1) is 26.7. The van der Waals surface area contributed by atoms with Crippen LogP contribution in [0.3, 0.4) is 0 Å². The molecular weight excluding hydrogens is 518 g/mol. The number of carboxylic acid groups (broad SMARTS) is 1. The molecule has 2 aromatic carbocycles. The van der Waals surface area contributed by atoms with Crippen molar-refractivity contribution in [1.29, 1.82) is 0 Å². The van der Waals surface area contributed by atoms with E-state index >= 15 is 0 Å². The smallest absolute Gasteiger partial charge is 0.439 e. The minimum atomic E-state index is -1.10. The lowest BCUT2D eigenvalue weighted by atomic mass is 9.95. The van der Waals surface area contributed by atoms with Crippen LogP contribution in [0.2, 0.25) is 5.15 Å². The molecule has 1 atom stereocenters. The number of aromatic carboxylic acids is 1. The van der Waals surface area contributed by atoms with Gasteiger partial charge in [0, 0.05) is 37.3 Å². The summed E-state index contributed by atoms with van der Waals surface area (Å²) in [5, 5.41) is 13.7. The van der Waals surface area contributed by atoms with Gasteiger partial charge in [-0.3, -0.25) is 9.51 Å². The molecule has 10 heteroatoms. The van der Waals surface area contributed by atoms with Crippen LogP contribution in [0.4, 0.5) is 5.69 Å². The quantitative estimate of drug-likeness (QED) is 0.268. The average Bonchev–Trinajstić information content (AvgIpc) is 3.49. The van der Waals surface area contributed by atoms with E-state index in [9.17, 15) is 14.7 Å². The van der Waals surface area contributed by atoms with E-state index in [4.69, 9.17) is 16.1 Å². The Morgan fingerprint density at radius 2 is 2.00 bits per heavy atom. The molecule has 39 heavy (non-hydrogen) atoms. The number of nitrogens with one attached hydrogen (secondary N) is 1. The third kappa shape index (κ3) is 5.78. The van der Waals surface area contributed by atoms with Gasteiger partial charge in [0.05, 0.1) is 0 Å². The second-order valence-corrected chi connectivity index (χ2v) is 10.6. The zero-order chi connectivity index (χ0) is 27.5. The van der Waals surface area contributed by atoms with Crippen LogP contribution >= 0.6 is 11.6 Å². The minimum absolute atomic E-state index is 0.00702. The van der Waals surface area contributed by atoms with Gasteiger partial charge < -0.3 is 14.6 Å². The molecule has 1 aliphatic heterocycles.